The highest BCUT2D eigenvalue weighted by Crippen LogP contribution is 2.41. The normalized spacial score (nSPS) is 12.7. The summed E-state index contributed by atoms with van der Waals surface area (Å²) in [4.78, 5) is -0.621. The Kier molecular flexibility index (Phi) is 6.77. The number of fused-ring (bicyclic) bond motifs is 2. The van der Waals surface area contributed by atoms with Crippen molar-refractivity contribution in [2.24, 2.45) is 20.5 Å². The van der Waals surface area contributed by atoms with E-state index in [9.17, 15) is 36.2 Å². The van der Waals surface area contributed by atoms with Crippen LogP contribution in [0, 0.1) is 0 Å². The fourth-order valence-corrected chi connectivity index (χ4v) is 5.18. The molecule has 0 fully saturated rings. The molecule has 0 atom stereocenters. The van der Waals surface area contributed by atoms with Gasteiger partial charge in [-0.3, -0.25) is 9.11 Å². The van der Waals surface area contributed by atoms with E-state index in [1.54, 1.807) is 36.4 Å². The van der Waals surface area contributed by atoms with Crippen LogP contribution in [0.2, 0.25) is 0 Å². The molecule has 202 valence electrons. The molecule has 14 heteroatoms. The SMILES string of the molecule is O=S(=O)(O)c1ccc2cccc(N=Nc3cc(N=Nc4ccc(S(=O)(=O)O)c5ccccc45)c(O)cc3O)c2c1. The summed E-state index contributed by atoms with van der Waals surface area (Å²) >= 11 is 0. The van der Waals surface area contributed by atoms with Crippen LogP contribution in [0.4, 0.5) is 22.7 Å². The number of rotatable bonds is 6. The molecule has 0 amide bonds. The standard InChI is InChI=1S/C26H18N4O8S2/c31-24-14-25(32)23(30-28-21-10-11-26(40(36,37)38)18-6-2-1-5-17(18)21)13-22(24)29-27-20-7-3-4-15-8-9-16(12-19(15)20)39(33,34)35/h1-14,31-32H,(H,33,34,35)(H,36,37,38). The van der Waals surface area contributed by atoms with E-state index in [2.05, 4.69) is 20.5 Å². The van der Waals surface area contributed by atoms with Gasteiger partial charge in [-0.2, -0.15) is 16.8 Å². The van der Waals surface area contributed by atoms with E-state index < -0.39 is 31.7 Å². The number of benzene rings is 5. The molecular formula is C26H18N4O8S2. The van der Waals surface area contributed by atoms with Gasteiger partial charge in [-0.1, -0.05) is 42.5 Å². The number of aromatic hydroxyl groups is 2. The second-order valence-electron chi connectivity index (χ2n) is 8.47. The summed E-state index contributed by atoms with van der Waals surface area (Å²) in [6.45, 7) is 0. The molecule has 4 N–H and O–H groups in total. The van der Waals surface area contributed by atoms with Gasteiger partial charge in [-0.25, -0.2) is 0 Å². The molecule has 0 spiro atoms. The van der Waals surface area contributed by atoms with E-state index in [4.69, 9.17) is 0 Å². The van der Waals surface area contributed by atoms with Crippen molar-refractivity contribution in [3.63, 3.8) is 0 Å². The maximum Gasteiger partial charge on any atom is 0.295 e. The molecule has 0 unspecified atom stereocenters. The van der Waals surface area contributed by atoms with Crippen molar-refractivity contribution in [3.8, 4) is 11.5 Å². The summed E-state index contributed by atoms with van der Waals surface area (Å²) < 4.78 is 65.5. The summed E-state index contributed by atoms with van der Waals surface area (Å²) in [5.74, 6) is -0.857. The first-order chi connectivity index (χ1) is 18.9. The molecule has 0 aliphatic heterocycles. The summed E-state index contributed by atoms with van der Waals surface area (Å²) in [5.41, 5.74) is 0.288. The minimum atomic E-state index is -4.49. The number of hydrogen-bond acceptors (Lipinski definition) is 10. The number of nitrogens with zero attached hydrogens (tertiary/aromatic N) is 4. The monoisotopic (exact) mass is 578 g/mol. The highest BCUT2D eigenvalue weighted by molar-refractivity contribution is 7.86. The van der Waals surface area contributed by atoms with E-state index in [1.807, 2.05) is 0 Å². The van der Waals surface area contributed by atoms with Gasteiger partial charge in [0.1, 0.15) is 27.8 Å². The van der Waals surface area contributed by atoms with Crippen LogP contribution in [0.1, 0.15) is 0 Å². The Hall–Kier alpha value is -4.76. The molecule has 0 saturated carbocycles. The molecule has 0 heterocycles. The van der Waals surface area contributed by atoms with Crippen LogP contribution in [0.25, 0.3) is 21.5 Å². The van der Waals surface area contributed by atoms with E-state index in [0.717, 1.165) is 6.07 Å². The fourth-order valence-electron chi connectivity index (χ4n) is 3.98. The number of azo groups is 2. The third kappa shape index (κ3) is 5.37. The second-order valence-corrected chi connectivity index (χ2v) is 11.3. The van der Waals surface area contributed by atoms with Crippen LogP contribution in [-0.4, -0.2) is 36.2 Å². The summed E-state index contributed by atoms with van der Waals surface area (Å²) in [6, 6.07) is 20.0. The third-order valence-corrected chi connectivity index (χ3v) is 7.63. The molecule has 5 rings (SSSR count). The van der Waals surface area contributed by atoms with Crippen molar-refractivity contribution in [2.75, 3.05) is 0 Å². The number of hydrogen-bond donors (Lipinski definition) is 4. The van der Waals surface area contributed by atoms with E-state index in [0.29, 0.717) is 16.2 Å². The first-order valence-corrected chi connectivity index (χ1v) is 14.2. The van der Waals surface area contributed by atoms with Gasteiger partial charge in [0.15, 0.2) is 0 Å². The Morgan fingerprint density at radius 3 is 1.73 bits per heavy atom. The zero-order chi connectivity index (χ0) is 28.7. The van der Waals surface area contributed by atoms with Crippen LogP contribution < -0.4 is 0 Å². The van der Waals surface area contributed by atoms with Gasteiger partial charge >= 0.3 is 0 Å². The van der Waals surface area contributed by atoms with Crippen LogP contribution >= 0.6 is 0 Å². The van der Waals surface area contributed by atoms with Crippen LogP contribution in [0.15, 0.2) is 115 Å². The first kappa shape index (κ1) is 26.8. The van der Waals surface area contributed by atoms with Crippen molar-refractivity contribution >= 4 is 64.5 Å². The van der Waals surface area contributed by atoms with Crippen LogP contribution in [0.5, 0.6) is 11.5 Å². The highest BCUT2D eigenvalue weighted by atomic mass is 32.2. The van der Waals surface area contributed by atoms with Crippen LogP contribution in [-0.2, 0) is 20.2 Å². The Labute approximate surface area is 227 Å². The number of phenols is 2. The fraction of sp³-hybridized carbons (Fsp3) is 0. The Morgan fingerprint density at radius 1 is 0.500 bits per heavy atom. The highest BCUT2D eigenvalue weighted by Gasteiger charge is 2.16. The van der Waals surface area contributed by atoms with E-state index in [-0.39, 0.29) is 37.9 Å². The second kappa shape index (κ2) is 10.1. The lowest BCUT2D eigenvalue weighted by molar-refractivity contribution is 0.452. The Morgan fingerprint density at radius 2 is 1.10 bits per heavy atom. The molecule has 0 aliphatic carbocycles. The number of phenolic OH excluding ortho intramolecular Hbond substituents is 2. The zero-order valence-corrected chi connectivity index (χ0v) is 21.7. The molecule has 0 radical (unpaired) electrons. The van der Waals surface area contributed by atoms with Crippen molar-refractivity contribution in [1.29, 1.82) is 0 Å². The topological polar surface area (TPSA) is 199 Å². The van der Waals surface area contributed by atoms with Crippen LogP contribution in [0.3, 0.4) is 0 Å². The smallest absolute Gasteiger partial charge is 0.295 e. The van der Waals surface area contributed by atoms with Crippen molar-refractivity contribution in [3.05, 3.63) is 84.9 Å². The van der Waals surface area contributed by atoms with Gasteiger partial charge in [0.25, 0.3) is 20.2 Å². The lowest BCUT2D eigenvalue weighted by Crippen LogP contribution is -1.98. The molecule has 5 aromatic rings. The van der Waals surface area contributed by atoms with Gasteiger partial charge in [0.2, 0.25) is 0 Å². The largest absolute Gasteiger partial charge is 0.505 e. The molecule has 0 aromatic heterocycles. The molecule has 0 bridgehead atoms. The first-order valence-electron chi connectivity index (χ1n) is 11.3. The lowest BCUT2D eigenvalue weighted by atomic mass is 10.1. The maximum absolute atomic E-state index is 11.7. The molecular weight excluding hydrogens is 560 g/mol. The zero-order valence-electron chi connectivity index (χ0n) is 20.1. The molecule has 0 aliphatic rings. The average Bonchev–Trinajstić information content (AvgIpc) is 2.90. The predicted octanol–water partition coefficient (Wildman–Crippen LogP) is 6.73. The lowest BCUT2D eigenvalue weighted by Gasteiger charge is -2.06. The van der Waals surface area contributed by atoms with Gasteiger partial charge in [-0.15, -0.1) is 20.5 Å². The quantitative estimate of drug-likeness (QED) is 0.125. The average molecular weight is 579 g/mol. The molecule has 12 nitrogen and oxygen atoms in total. The minimum Gasteiger partial charge on any atom is -0.505 e. The molecule has 5 aromatic carbocycles. The maximum atomic E-state index is 11.7. The summed E-state index contributed by atoms with van der Waals surface area (Å²) in [6.07, 6.45) is 0. The minimum absolute atomic E-state index is 0.0960. The third-order valence-electron chi connectivity index (χ3n) is 5.87. The molecule has 40 heavy (non-hydrogen) atoms. The van der Waals surface area contributed by atoms with E-state index in [1.165, 1.54) is 42.5 Å². The molecule has 0 saturated heterocycles. The Bertz CT molecular complexity index is 2060. The summed E-state index contributed by atoms with van der Waals surface area (Å²) in [7, 11) is -8.94. The van der Waals surface area contributed by atoms with Gasteiger partial charge in [-0.05, 0) is 35.7 Å². The van der Waals surface area contributed by atoms with E-state index >= 15 is 0 Å². The van der Waals surface area contributed by atoms with Gasteiger partial charge in [0, 0.05) is 28.3 Å². The van der Waals surface area contributed by atoms with Gasteiger partial charge < -0.3 is 10.2 Å². The van der Waals surface area contributed by atoms with Crippen molar-refractivity contribution < 1.29 is 36.2 Å². The predicted molar refractivity (Wildman–Crippen MR) is 146 cm³/mol. The summed E-state index contributed by atoms with van der Waals surface area (Å²) in [5, 5.41) is 38.5. The van der Waals surface area contributed by atoms with Crippen molar-refractivity contribution in [2.45, 2.75) is 9.79 Å². The Balaban J connectivity index is 1.53. The van der Waals surface area contributed by atoms with Crippen molar-refractivity contribution in [1.82, 2.24) is 0 Å². The van der Waals surface area contributed by atoms with Gasteiger partial charge in [0.05, 0.1) is 16.3 Å².